The minimum atomic E-state index is -1.26. The average Bonchev–Trinajstić information content (AvgIpc) is 3.17. The molecule has 2 aliphatic heterocycles. The lowest BCUT2D eigenvalue weighted by Crippen LogP contribution is -2.34. The number of piperidine rings is 1. The molecule has 2 saturated heterocycles. The fraction of sp³-hybridized carbons (Fsp3) is 0.474. The van der Waals surface area contributed by atoms with Crippen molar-refractivity contribution in [2.75, 3.05) is 31.1 Å². The molecule has 2 aliphatic rings. The molecule has 0 atom stereocenters. The third kappa shape index (κ3) is 7.14. The Bertz CT molecular complexity index is 587. The lowest BCUT2D eigenvalue weighted by Gasteiger charge is -2.24. The van der Waals surface area contributed by atoms with E-state index in [2.05, 4.69) is 34.5 Å². The first-order valence-electron chi connectivity index (χ1n) is 8.91. The third-order valence-electron chi connectivity index (χ3n) is 4.27. The van der Waals surface area contributed by atoms with Gasteiger partial charge in [0.2, 0.25) is 0 Å². The maximum Gasteiger partial charge on any atom is 0.328 e. The van der Waals surface area contributed by atoms with E-state index in [0.717, 1.165) is 31.7 Å². The van der Waals surface area contributed by atoms with Crippen molar-refractivity contribution in [3.05, 3.63) is 36.4 Å². The quantitative estimate of drug-likeness (QED) is 0.690. The third-order valence-corrected chi connectivity index (χ3v) is 4.27. The maximum absolute atomic E-state index is 9.55. The number of nitrogens with one attached hydrogen (secondary N) is 1. The van der Waals surface area contributed by atoms with E-state index in [4.69, 9.17) is 14.9 Å². The molecule has 0 aromatic heterocycles. The Balaban J connectivity index is 0.000000260. The van der Waals surface area contributed by atoms with Gasteiger partial charge in [-0.05, 0) is 63.0 Å². The summed E-state index contributed by atoms with van der Waals surface area (Å²) in [7, 11) is 0. The lowest BCUT2D eigenvalue weighted by atomic mass is 10.1. The molecule has 2 heterocycles. The Kier molecular flexibility index (Phi) is 7.95. The Morgan fingerprint density at radius 1 is 1.00 bits per heavy atom. The molecule has 1 aromatic carbocycles. The summed E-state index contributed by atoms with van der Waals surface area (Å²) in [5.74, 6) is -1.50. The Morgan fingerprint density at radius 2 is 1.54 bits per heavy atom. The number of ether oxygens (including phenoxy) is 1. The lowest BCUT2D eigenvalue weighted by molar-refractivity contribution is -0.134. The number of nitrogens with zero attached hydrogens (tertiary/aromatic N) is 1. The molecule has 7 heteroatoms. The fourth-order valence-electron chi connectivity index (χ4n) is 2.96. The number of hydrogen-bond acceptors (Lipinski definition) is 5. The van der Waals surface area contributed by atoms with Gasteiger partial charge in [-0.1, -0.05) is 0 Å². The number of rotatable bonds is 5. The van der Waals surface area contributed by atoms with Gasteiger partial charge in [0.1, 0.15) is 11.9 Å². The Labute approximate surface area is 153 Å². The summed E-state index contributed by atoms with van der Waals surface area (Å²) in [4.78, 5) is 21.6. The molecule has 2 fully saturated rings. The molecule has 3 N–H and O–H groups in total. The van der Waals surface area contributed by atoms with Gasteiger partial charge in [-0.15, -0.1) is 0 Å². The predicted molar refractivity (Wildman–Crippen MR) is 98.8 cm³/mol. The molecule has 7 nitrogen and oxygen atoms in total. The van der Waals surface area contributed by atoms with Gasteiger partial charge in [0.15, 0.2) is 0 Å². The second-order valence-electron chi connectivity index (χ2n) is 6.27. The van der Waals surface area contributed by atoms with Crippen LogP contribution in [0.25, 0.3) is 0 Å². The molecule has 0 saturated carbocycles. The minimum Gasteiger partial charge on any atom is -0.490 e. The van der Waals surface area contributed by atoms with Gasteiger partial charge in [-0.2, -0.15) is 0 Å². The van der Waals surface area contributed by atoms with Crippen LogP contribution in [0.4, 0.5) is 5.69 Å². The van der Waals surface area contributed by atoms with Crippen molar-refractivity contribution in [1.82, 2.24) is 5.32 Å². The van der Waals surface area contributed by atoms with Gasteiger partial charge in [0, 0.05) is 30.9 Å². The molecule has 0 unspecified atom stereocenters. The molecule has 0 spiro atoms. The van der Waals surface area contributed by atoms with E-state index in [0.29, 0.717) is 18.3 Å². The topological polar surface area (TPSA) is 99.1 Å². The van der Waals surface area contributed by atoms with Crippen LogP contribution in [0.15, 0.2) is 36.4 Å². The summed E-state index contributed by atoms with van der Waals surface area (Å²) >= 11 is 0. The Morgan fingerprint density at radius 3 is 2.04 bits per heavy atom. The molecule has 0 amide bonds. The van der Waals surface area contributed by atoms with Crippen LogP contribution in [-0.4, -0.2) is 54.4 Å². The van der Waals surface area contributed by atoms with Crippen molar-refractivity contribution in [2.45, 2.75) is 31.8 Å². The molecule has 142 valence electrons. The van der Waals surface area contributed by atoms with E-state index in [1.54, 1.807) is 0 Å². The van der Waals surface area contributed by atoms with Crippen molar-refractivity contribution in [1.29, 1.82) is 0 Å². The first-order valence-corrected chi connectivity index (χ1v) is 8.91. The molecular formula is C19H26N2O5. The smallest absolute Gasteiger partial charge is 0.328 e. The number of hydrogen-bond donors (Lipinski definition) is 3. The number of aliphatic carboxylic acids is 2. The molecule has 0 bridgehead atoms. The van der Waals surface area contributed by atoms with Gasteiger partial charge in [0.05, 0.1) is 0 Å². The van der Waals surface area contributed by atoms with Crippen molar-refractivity contribution in [2.24, 2.45) is 0 Å². The van der Waals surface area contributed by atoms with Crippen molar-refractivity contribution in [3.63, 3.8) is 0 Å². The number of carboxylic acid groups (broad SMARTS) is 2. The highest BCUT2D eigenvalue weighted by atomic mass is 16.5. The van der Waals surface area contributed by atoms with Crippen molar-refractivity contribution >= 4 is 17.6 Å². The zero-order valence-electron chi connectivity index (χ0n) is 14.8. The van der Waals surface area contributed by atoms with Crippen molar-refractivity contribution in [3.8, 4) is 5.75 Å². The van der Waals surface area contributed by atoms with E-state index in [1.165, 1.54) is 31.6 Å². The molecule has 0 radical (unpaired) electrons. The monoisotopic (exact) mass is 362 g/mol. The van der Waals surface area contributed by atoms with Crippen LogP contribution in [-0.2, 0) is 9.59 Å². The largest absolute Gasteiger partial charge is 0.490 e. The Hall–Kier alpha value is -2.54. The number of anilines is 1. The minimum absolute atomic E-state index is 0.392. The summed E-state index contributed by atoms with van der Waals surface area (Å²) in [5, 5.41) is 19.0. The van der Waals surface area contributed by atoms with Crippen molar-refractivity contribution < 1.29 is 24.5 Å². The maximum atomic E-state index is 9.55. The average molecular weight is 362 g/mol. The van der Waals surface area contributed by atoms with Crippen LogP contribution in [0.5, 0.6) is 5.75 Å². The predicted octanol–water partition coefficient (Wildman–Crippen LogP) is 2.13. The number of carboxylic acids is 2. The molecule has 3 rings (SSSR count). The number of carbonyl (C=O) groups is 2. The molecule has 1 aromatic rings. The summed E-state index contributed by atoms with van der Waals surface area (Å²) in [6.45, 7) is 4.57. The summed E-state index contributed by atoms with van der Waals surface area (Å²) < 4.78 is 6.01. The van der Waals surface area contributed by atoms with E-state index in [-0.39, 0.29) is 0 Å². The van der Waals surface area contributed by atoms with Gasteiger partial charge in [0.25, 0.3) is 0 Å². The summed E-state index contributed by atoms with van der Waals surface area (Å²) in [6, 6.07) is 8.63. The summed E-state index contributed by atoms with van der Waals surface area (Å²) in [5.41, 5.74) is 1.34. The second kappa shape index (κ2) is 10.5. The van der Waals surface area contributed by atoms with Gasteiger partial charge >= 0.3 is 11.9 Å². The van der Waals surface area contributed by atoms with Crippen LogP contribution in [0.1, 0.15) is 25.7 Å². The normalized spacial score (nSPS) is 17.6. The summed E-state index contributed by atoms with van der Waals surface area (Å²) in [6.07, 6.45) is 6.40. The van der Waals surface area contributed by atoms with Crippen LogP contribution >= 0.6 is 0 Å². The van der Waals surface area contributed by atoms with E-state index < -0.39 is 11.9 Å². The van der Waals surface area contributed by atoms with E-state index in [1.807, 2.05) is 0 Å². The van der Waals surface area contributed by atoms with Gasteiger partial charge in [-0.3, -0.25) is 0 Å². The zero-order chi connectivity index (χ0) is 18.8. The fourth-order valence-corrected chi connectivity index (χ4v) is 2.96. The van der Waals surface area contributed by atoms with E-state index >= 15 is 0 Å². The first kappa shape index (κ1) is 19.8. The highest BCUT2D eigenvalue weighted by Gasteiger charge is 2.15. The van der Waals surface area contributed by atoms with Crippen LogP contribution < -0.4 is 15.0 Å². The van der Waals surface area contributed by atoms with Gasteiger partial charge < -0.3 is 25.2 Å². The number of benzene rings is 1. The zero-order valence-corrected chi connectivity index (χ0v) is 14.8. The second-order valence-corrected chi connectivity index (χ2v) is 6.27. The highest BCUT2D eigenvalue weighted by Crippen LogP contribution is 2.24. The van der Waals surface area contributed by atoms with Crippen LogP contribution in [0.2, 0.25) is 0 Å². The molecular weight excluding hydrogens is 336 g/mol. The highest BCUT2D eigenvalue weighted by molar-refractivity contribution is 5.89. The first-order chi connectivity index (χ1) is 12.5. The van der Waals surface area contributed by atoms with Crippen LogP contribution in [0, 0.1) is 0 Å². The molecule has 0 aliphatic carbocycles. The molecule has 26 heavy (non-hydrogen) atoms. The van der Waals surface area contributed by atoms with Crippen LogP contribution in [0.3, 0.4) is 0 Å². The van der Waals surface area contributed by atoms with Gasteiger partial charge in [-0.25, -0.2) is 9.59 Å². The van der Waals surface area contributed by atoms with E-state index in [9.17, 15) is 9.59 Å². The SMILES string of the molecule is O=C(O)C=CC(=O)O.c1cc(N2CCCC2)ccc1OC1CCNCC1. The standard InChI is InChI=1S/C15H22N2O.C4H4O4/c1-2-12-17(11-1)13-3-5-14(6-4-13)18-15-7-9-16-10-8-15;5-3(6)1-2-4(7)8/h3-6,15-16H,1-2,7-12H2;1-2H,(H,5,6)(H,7,8).